The van der Waals surface area contributed by atoms with Gasteiger partial charge in [-0.25, -0.2) is 23.1 Å². The second-order valence-corrected chi connectivity index (χ2v) is 15.0. The van der Waals surface area contributed by atoms with Crippen molar-refractivity contribution in [2.24, 2.45) is 23.5 Å². The molecular formula is C36H40F3N7O3. The van der Waals surface area contributed by atoms with E-state index in [-0.39, 0.29) is 76.8 Å². The minimum atomic E-state index is -3.08. The Labute approximate surface area is 281 Å². The maximum Gasteiger partial charge on any atom is 0.265 e. The Morgan fingerprint density at radius 3 is 2.65 bits per heavy atom. The molecule has 4 aromatic rings. The third-order valence-electron chi connectivity index (χ3n) is 11.8. The average molecular weight is 676 g/mol. The number of likely N-dealkylation sites (tertiary alicyclic amines) is 1. The number of carbonyl (C=O) groups is 2. The highest BCUT2D eigenvalue weighted by molar-refractivity contribution is 5.99. The van der Waals surface area contributed by atoms with E-state index in [1.165, 1.54) is 10.6 Å². The number of imidazole rings is 1. The van der Waals surface area contributed by atoms with Gasteiger partial charge in [0, 0.05) is 49.0 Å². The Morgan fingerprint density at radius 2 is 1.92 bits per heavy atom. The molecule has 5 aliphatic rings. The standard InChI is InChI=1S/C36H40F3N7O3/c1-17-24-7-5-19-13-28(45(32(19)42-24)16-36(38,39)9-3-4-18-10-22(18)34(47)41-17)33-43-25-12-21(35(48)44-15-20-6-8-26(44)30(20)40)11-23(37)31(25)46(33)27-14-29(27)49-2/h5,7,11-13,17-18,20,22,26-27,29-30H,3-4,6,8-10,14-16,40H2,1-2H3,(H,41,47)/t17-,18-,20-,22-,26-,27+,29+,30-/m1/s1. The summed E-state index contributed by atoms with van der Waals surface area (Å²) < 4.78 is 56.9. The first-order chi connectivity index (χ1) is 23.5. The van der Waals surface area contributed by atoms with E-state index in [0.29, 0.717) is 54.1 Å². The summed E-state index contributed by atoms with van der Waals surface area (Å²) in [5, 5.41) is 3.69. The Bertz CT molecular complexity index is 2030. The highest BCUT2D eigenvalue weighted by atomic mass is 19.3. The zero-order valence-corrected chi connectivity index (χ0v) is 27.5. The van der Waals surface area contributed by atoms with Crippen LogP contribution in [0, 0.1) is 23.6 Å². The number of alkyl halides is 2. The molecule has 4 fully saturated rings. The molecule has 0 spiro atoms. The van der Waals surface area contributed by atoms with E-state index < -0.39 is 24.3 Å². The molecule has 0 unspecified atom stereocenters. The Hall–Kier alpha value is -3.97. The highest BCUT2D eigenvalue weighted by Gasteiger charge is 2.48. The molecule has 5 heterocycles. The SMILES string of the molecule is CO[C@H]1C[C@@H]1n1c(-c2cc3ccc4nc3n2CC(F)(F)CCC[C@@H]2C[C@H]2C(=O)N[C@@H]4C)nc2cc(C(=O)N3C[C@H]4CC[C@@H]3[C@@H]4N)cc(F)c21. The first-order valence-corrected chi connectivity index (χ1v) is 17.5. The van der Waals surface area contributed by atoms with Crippen molar-refractivity contribution in [3.05, 3.63) is 47.4 Å². The van der Waals surface area contributed by atoms with Crippen LogP contribution in [0.4, 0.5) is 13.2 Å². The number of rotatable bonds is 4. The maximum atomic E-state index is 16.3. The number of hydrogen-bond acceptors (Lipinski definition) is 6. The van der Waals surface area contributed by atoms with Gasteiger partial charge in [0.25, 0.3) is 11.8 Å². The Balaban J connectivity index is 1.18. The van der Waals surface area contributed by atoms with Gasteiger partial charge >= 0.3 is 0 Å². The van der Waals surface area contributed by atoms with Gasteiger partial charge in [-0.05, 0) is 87.6 Å². The summed E-state index contributed by atoms with van der Waals surface area (Å²) in [6.45, 7) is 1.76. The van der Waals surface area contributed by atoms with E-state index in [1.54, 1.807) is 34.8 Å². The second-order valence-electron chi connectivity index (χ2n) is 15.0. The third-order valence-corrected chi connectivity index (χ3v) is 11.8. The molecule has 3 aliphatic carbocycles. The van der Waals surface area contributed by atoms with Gasteiger partial charge in [-0.1, -0.05) is 0 Å². The molecule has 3 N–H and O–H groups in total. The lowest BCUT2D eigenvalue weighted by Crippen LogP contribution is -2.41. The number of benzene rings is 1. The van der Waals surface area contributed by atoms with Crippen LogP contribution < -0.4 is 11.1 Å². The molecule has 13 heteroatoms. The van der Waals surface area contributed by atoms with Crippen molar-refractivity contribution in [2.45, 2.75) is 94.6 Å². The monoisotopic (exact) mass is 675 g/mol. The summed E-state index contributed by atoms with van der Waals surface area (Å²) in [5.41, 5.74) is 8.29. The van der Waals surface area contributed by atoms with Crippen LogP contribution in [0.2, 0.25) is 0 Å². The number of methoxy groups -OCH3 is 1. The van der Waals surface area contributed by atoms with Gasteiger partial charge in [0.2, 0.25) is 5.91 Å². The topological polar surface area (TPSA) is 120 Å². The van der Waals surface area contributed by atoms with Gasteiger partial charge in [0.1, 0.15) is 17.0 Å². The van der Waals surface area contributed by atoms with Gasteiger partial charge in [-0.3, -0.25) is 9.59 Å². The van der Waals surface area contributed by atoms with Gasteiger partial charge in [0.15, 0.2) is 5.82 Å². The van der Waals surface area contributed by atoms with Crippen molar-refractivity contribution in [2.75, 3.05) is 13.7 Å². The van der Waals surface area contributed by atoms with Crippen LogP contribution in [0.25, 0.3) is 33.6 Å². The van der Waals surface area contributed by atoms with Crippen LogP contribution in [-0.2, 0) is 16.1 Å². The van der Waals surface area contributed by atoms with Crippen molar-refractivity contribution in [1.29, 1.82) is 0 Å². The van der Waals surface area contributed by atoms with Gasteiger partial charge < -0.3 is 29.8 Å². The van der Waals surface area contributed by atoms with Crippen LogP contribution >= 0.6 is 0 Å². The van der Waals surface area contributed by atoms with Crippen LogP contribution in [0.3, 0.4) is 0 Å². The van der Waals surface area contributed by atoms with Crippen molar-refractivity contribution in [3.8, 4) is 11.5 Å². The number of ether oxygens (including phenoxy) is 1. The number of nitrogens with two attached hydrogens (primary N) is 1. The number of halogens is 3. The number of nitrogens with zero attached hydrogens (tertiary/aromatic N) is 5. The van der Waals surface area contributed by atoms with Crippen LogP contribution in [0.15, 0.2) is 30.3 Å². The quantitative estimate of drug-likeness (QED) is 0.301. The Morgan fingerprint density at radius 1 is 1.08 bits per heavy atom. The van der Waals surface area contributed by atoms with Gasteiger partial charge in [0.05, 0.1) is 41.6 Å². The third kappa shape index (κ3) is 5.06. The summed E-state index contributed by atoms with van der Waals surface area (Å²) in [6.07, 6.45) is 3.46. The molecule has 9 rings (SSSR count). The van der Waals surface area contributed by atoms with Gasteiger partial charge in [-0.2, -0.15) is 0 Å². The predicted molar refractivity (Wildman–Crippen MR) is 175 cm³/mol. The summed E-state index contributed by atoms with van der Waals surface area (Å²) in [7, 11) is 1.59. The summed E-state index contributed by atoms with van der Waals surface area (Å²) >= 11 is 0. The van der Waals surface area contributed by atoms with Crippen LogP contribution in [0.1, 0.15) is 80.0 Å². The predicted octanol–water partition coefficient (Wildman–Crippen LogP) is 5.35. The maximum absolute atomic E-state index is 16.3. The number of hydrogen-bond donors (Lipinski definition) is 2. The molecule has 258 valence electrons. The molecule has 10 nitrogen and oxygen atoms in total. The fourth-order valence-corrected chi connectivity index (χ4v) is 8.89. The van der Waals surface area contributed by atoms with Crippen molar-refractivity contribution in [1.82, 2.24) is 29.3 Å². The molecule has 8 atom stereocenters. The van der Waals surface area contributed by atoms with Crippen LogP contribution in [0.5, 0.6) is 0 Å². The second kappa shape index (κ2) is 11.0. The zero-order chi connectivity index (χ0) is 33.9. The molecule has 2 aliphatic heterocycles. The minimum Gasteiger partial charge on any atom is -0.379 e. The Kier molecular flexibility index (Phi) is 6.98. The van der Waals surface area contributed by atoms with E-state index >= 15 is 13.2 Å². The molecule has 3 aromatic heterocycles. The summed E-state index contributed by atoms with van der Waals surface area (Å²) in [6, 6.07) is 7.42. The minimum absolute atomic E-state index is 0.0647. The zero-order valence-electron chi connectivity index (χ0n) is 27.5. The van der Waals surface area contributed by atoms with Crippen molar-refractivity contribution >= 4 is 33.9 Å². The highest BCUT2D eigenvalue weighted by Crippen LogP contribution is 2.47. The van der Waals surface area contributed by atoms with E-state index in [9.17, 15) is 9.59 Å². The fraction of sp³-hybridized carbons (Fsp3) is 0.556. The van der Waals surface area contributed by atoms with Crippen molar-refractivity contribution in [3.63, 3.8) is 0 Å². The fourth-order valence-electron chi connectivity index (χ4n) is 8.89. The lowest BCUT2D eigenvalue weighted by molar-refractivity contribution is -0.123. The molecule has 49 heavy (non-hydrogen) atoms. The molecule has 4 bridgehead atoms. The van der Waals surface area contributed by atoms with Gasteiger partial charge in [-0.15, -0.1) is 0 Å². The first-order valence-electron chi connectivity index (χ1n) is 17.5. The van der Waals surface area contributed by atoms with E-state index in [0.717, 1.165) is 19.3 Å². The molecular weight excluding hydrogens is 635 g/mol. The molecule has 0 radical (unpaired) electrons. The first kappa shape index (κ1) is 31.0. The van der Waals surface area contributed by atoms with E-state index in [2.05, 4.69) is 5.32 Å². The van der Waals surface area contributed by atoms with Crippen LogP contribution in [-0.4, -0.2) is 73.6 Å². The lowest BCUT2D eigenvalue weighted by atomic mass is 10.1. The lowest BCUT2D eigenvalue weighted by Gasteiger charge is -2.27. The van der Waals surface area contributed by atoms with E-state index in [1.807, 2.05) is 13.0 Å². The number of fused-ring (bicyclic) bond motifs is 5. The molecule has 1 saturated heterocycles. The van der Waals surface area contributed by atoms with E-state index in [4.69, 9.17) is 20.4 Å². The number of nitrogens with one attached hydrogen (secondary N) is 1. The molecule has 1 aromatic carbocycles. The number of pyridine rings is 1. The normalized spacial score (nSPS) is 32.0. The largest absolute Gasteiger partial charge is 0.379 e. The summed E-state index contributed by atoms with van der Waals surface area (Å²) in [4.78, 5) is 38.1. The average Bonchev–Trinajstić information content (AvgIpc) is 3.89. The van der Waals surface area contributed by atoms with Crippen molar-refractivity contribution < 1.29 is 27.5 Å². The summed E-state index contributed by atoms with van der Waals surface area (Å²) in [5.74, 6) is -3.49. The molecule has 3 saturated carbocycles. The number of aromatic nitrogens is 4. The smallest absolute Gasteiger partial charge is 0.265 e. The number of piperidine rings is 1. The molecule has 2 amide bonds. The number of amides is 2. The number of carbonyl (C=O) groups excluding carboxylic acids is 2.